The summed E-state index contributed by atoms with van der Waals surface area (Å²) in [5.41, 5.74) is 6.42. The van der Waals surface area contributed by atoms with Gasteiger partial charge in [-0.15, -0.1) is 11.8 Å². The number of nitrogens with one attached hydrogen (secondary N) is 1. The summed E-state index contributed by atoms with van der Waals surface area (Å²) in [4.78, 5) is 1.01. The van der Waals surface area contributed by atoms with Crippen LogP contribution in [0.2, 0.25) is 0 Å². The van der Waals surface area contributed by atoms with Gasteiger partial charge in [-0.2, -0.15) is 0 Å². The number of thioether (sulfide) groups is 1. The van der Waals surface area contributed by atoms with Crippen molar-refractivity contribution in [1.29, 1.82) is 0 Å². The second-order valence-electron chi connectivity index (χ2n) is 5.73. The quantitative estimate of drug-likeness (QED) is 0.622. The third kappa shape index (κ3) is 5.52. The topological polar surface area (TPSA) is 72.2 Å². The lowest BCUT2D eigenvalue weighted by Crippen LogP contribution is -2.42. The molecule has 1 fully saturated rings. The fourth-order valence-corrected chi connectivity index (χ4v) is 5.42. The molecule has 2 atom stereocenters. The standard InChI is InChI=1S/C15H24N2O2S2/c1-12-5-2-3-8-15(12)17-21(18,19)10-9-20-14-7-4-6-13(16)11-14/h4,6-7,11-12,15,17H,2-3,5,8-10,16H2,1H3. The van der Waals surface area contributed by atoms with E-state index in [1.807, 2.05) is 24.3 Å². The van der Waals surface area contributed by atoms with E-state index in [0.29, 0.717) is 17.4 Å². The molecule has 4 nitrogen and oxygen atoms in total. The number of nitrogen functional groups attached to an aromatic ring is 1. The zero-order valence-electron chi connectivity index (χ0n) is 12.4. The van der Waals surface area contributed by atoms with E-state index in [0.717, 1.165) is 24.2 Å². The Kier molecular flexibility index (Phi) is 5.96. The Bertz CT molecular complexity index is 561. The van der Waals surface area contributed by atoms with Crippen molar-refractivity contribution in [3.63, 3.8) is 0 Å². The molecule has 1 aromatic rings. The molecule has 1 aromatic carbocycles. The van der Waals surface area contributed by atoms with Gasteiger partial charge in [-0.25, -0.2) is 13.1 Å². The zero-order valence-corrected chi connectivity index (χ0v) is 14.1. The van der Waals surface area contributed by atoms with E-state index >= 15 is 0 Å². The molecule has 3 N–H and O–H groups in total. The first kappa shape index (κ1) is 16.6. The highest BCUT2D eigenvalue weighted by molar-refractivity contribution is 8.00. The van der Waals surface area contributed by atoms with Crippen LogP contribution >= 0.6 is 11.8 Å². The first-order chi connectivity index (χ1) is 9.96. The van der Waals surface area contributed by atoms with Crippen LogP contribution in [0, 0.1) is 5.92 Å². The maximum atomic E-state index is 12.2. The zero-order chi connectivity index (χ0) is 15.3. The van der Waals surface area contributed by atoms with Crippen LogP contribution in [0.1, 0.15) is 32.6 Å². The highest BCUT2D eigenvalue weighted by atomic mass is 32.2. The predicted molar refractivity (Wildman–Crippen MR) is 89.9 cm³/mol. The molecule has 0 aliphatic heterocycles. The lowest BCUT2D eigenvalue weighted by molar-refractivity contribution is 0.310. The van der Waals surface area contributed by atoms with Gasteiger partial charge < -0.3 is 5.73 Å². The minimum absolute atomic E-state index is 0.112. The Morgan fingerprint density at radius 1 is 1.33 bits per heavy atom. The van der Waals surface area contributed by atoms with Gasteiger partial charge in [0, 0.05) is 22.4 Å². The number of nitrogens with two attached hydrogens (primary N) is 1. The van der Waals surface area contributed by atoms with Gasteiger partial charge in [0.15, 0.2) is 0 Å². The molecule has 118 valence electrons. The number of hydrogen-bond acceptors (Lipinski definition) is 4. The second kappa shape index (κ2) is 7.51. The van der Waals surface area contributed by atoms with Crippen LogP contribution in [0.15, 0.2) is 29.2 Å². The maximum Gasteiger partial charge on any atom is 0.212 e. The number of sulfonamides is 1. The van der Waals surface area contributed by atoms with Gasteiger partial charge in [0.05, 0.1) is 5.75 Å². The van der Waals surface area contributed by atoms with E-state index in [4.69, 9.17) is 5.73 Å². The van der Waals surface area contributed by atoms with Crippen molar-refractivity contribution in [1.82, 2.24) is 4.72 Å². The largest absolute Gasteiger partial charge is 0.399 e. The maximum absolute atomic E-state index is 12.2. The van der Waals surface area contributed by atoms with Gasteiger partial charge in [0.1, 0.15) is 0 Å². The van der Waals surface area contributed by atoms with Gasteiger partial charge in [0.25, 0.3) is 0 Å². The molecule has 2 unspecified atom stereocenters. The summed E-state index contributed by atoms with van der Waals surface area (Å²) in [6, 6.07) is 7.64. The summed E-state index contributed by atoms with van der Waals surface area (Å²) in [6.07, 6.45) is 4.41. The van der Waals surface area contributed by atoms with Crippen LogP contribution in [0.4, 0.5) is 5.69 Å². The number of hydrogen-bond donors (Lipinski definition) is 2. The third-order valence-corrected chi connectivity index (χ3v) is 6.58. The van der Waals surface area contributed by atoms with Crippen LogP contribution in [-0.4, -0.2) is 26.0 Å². The molecule has 1 aliphatic carbocycles. The Morgan fingerprint density at radius 3 is 2.81 bits per heavy atom. The van der Waals surface area contributed by atoms with Crippen LogP contribution in [0.3, 0.4) is 0 Å². The minimum Gasteiger partial charge on any atom is -0.399 e. The normalized spacial score (nSPS) is 23.1. The first-order valence-corrected chi connectivity index (χ1v) is 10.1. The van der Waals surface area contributed by atoms with E-state index in [9.17, 15) is 8.42 Å². The fraction of sp³-hybridized carbons (Fsp3) is 0.600. The van der Waals surface area contributed by atoms with Crippen molar-refractivity contribution >= 4 is 27.5 Å². The van der Waals surface area contributed by atoms with Crippen LogP contribution in [0.5, 0.6) is 0 Å². The molecule has 0 heterocycles. The lowest BCUT2D eigenvalue weighted by atomic mass is 9.87. The molecule has 6 heteroatoms. The Balaban J connectivity index is 1.81. The molecule has 0 radical (unpaired) electrons. The van der Waals surface area contributed by atoms with E-state index < -0.39 is 10.0 Å². The summed E-state index contributed by atoms with van der Waals surface area (Å²) >= 11 is 1.53. The van der Waals surface area contributed by atoms with Gasteiger partial charge in [-0.1, -0.05) is 25.8 Å². The minimum atomic E-state index is -3.20. The van der Waals surface area contributed by atoms with Crippen molar-refractivity contribution in [2.45, 2.75) is 43.5 Å². The third-order valence-electron chi connectivity index (χ3n) is 3.92. The van der Waals surface area contributed by atoms with Crippen molar-refractivity contribution in [2.24, 2.45) is 5.92 Å². The fourth-order valence-electron chi connectivity index (χ4n) is 2.65. The number of benzene rings is 1. The molecule has 0 aromatic heterocycles. The summed E-state index contributed by atoms with van der Waals surface area (Å²) in [7, 11) is -3.20. The van der Waals surface area contributed by atoms with Crippen LogP contribution < -0.4 is 10.5 Å². The van der Waals surface area contributed by atoms with Gasteiger partial charge in [-0.3, -0.25) is 0 Å². The monoisotopic (exact) mass is 328 g/mol. The van der Waals surface area contributed by atoms with Gasteiger partial charge in [0.2, 0.25) is 10.0 Å². The SMILES string of the molecule is CC1CCCCC1NS(=O)(=O)CCSc1cccc(N)c1. The highest BCUT2D eigenvalue weighted by Gasteiger charge is 2.25. The van der Waals surface area contributed by atoms with Crippen LogP contribution in [0.25, 0.3) is 0 Å². The molecule has 1 aliphatic rings. The van der Waals surface area contributed by atoms with Crippen LogP contribution in [-0.2, 0) is 10.0 Å². The van der Waals surface area contributed by atoms with E-state index in [-0.39, 0.29) is 11.8 Å². The smallest absolute Gasteiger partial charge is 0.212 e. The second-order valence-corrected chi connectivity index (χ2v) is 8.77. The molecule has 0 bridgehead atoms. The van der Waals surface area contributed by atoms with Crippen molar-refractivity contribution in [3.05, 3.63) is 24.3 Å². The molecule has 1 saturated carbocycles. The van der Waals surface area contributed by atoms with Gasteiger partial charge >= 0.3 is 0 Å². The molecule has 0 saturated heterocycles. The summed E-state index contributed by atoms with van der Waals surface area (Å²) < 4.78 is 27.2. The summed E-state index contributed by atoms with van der Waals surface area (Å²) in [6.45, 7) is 2.13. The Hall–Kier alpha value is -0.720. The van der Waals surface area contributed by atoms with Crippen molar-refractivity contribution < 1.29 is 8.42 Å². The molecular formula is C15H24N2O2S2. The summed E-state index contributed by atoms with van der Waals surface area (Å²) in [5, 5.41) is 0. The van der Waals surface area contributed by atoms with Crippen molar-refractivity contribution in [2.75, 3.05) is 17.2 Å². The average Bonchev–Trinajstić information content (AvgIpc) is 2.41. The number of anilines is 1. The average molecular weight is 329 g/mol. The summed E-state index contributed by atoms with van der Waals surface area (Å²) in [5.74, 6) is 1.13. The van der Waals surface area contributed by atoms with E-state index in [2.05, 4.69) is 11.6 Å². The number of rotatable bonds is 6. The van der Waals surface area contributed by atoms with Gasteiger partial charge in [-0.05, 0) is 37.0 Å². The Labute approximate surface area is 131 Å². The molecule has 0 amide bonds. The van der Waals surface area contributed by atoms with E-state index in [1.165, 1.54) is 18.2 Å². The molecular weight excluding hydrogens is 304 g/mol. The molecule has 0 spiro atoms. The van der Waals surface area contributed by atoms with Crippen molar-refractivity contribution in [3.8, 4) is 0 Å². The Morgan fingerprint density at radius 2 is 2.10 bits per heavy atom. The highest BCUT2D eigenvalue weighted by Crippen LogP contribution is 2.25. The first-order valence-electron chi connectivity index (χ1n) is 7.44. The lowest BCUT2D eigenvalue weighted by Gasteiger charge is -2.29. The molecule has 2 rings (SSSR count). The predicted octanol–water partition coefficient (Wildman–Crippen LogP) is 2.86. The van der Waals surface area contributed by atoms with E-state index in [1.54, 1.807) is 0 Å². The molecule has 21 heavy (non-hydrogen) atoms.